The molecule has 0 aliphatic heterocycles. The maximum Gasteiger partial charge on any atom is 0.145 e. The van der Waals surface area contributed by atoms with E-state index in [2.05, 4.69) is 20.2 Å². The molecule has 2 rings (SSSR count). The summed E-state index contributed by atoms with van der Waals surface area (Å²) in [5, 5.41) is 6.47. The van der Waals surface area contributed by atoms with E-state index in [-0.39, 0.29) is 6.04 Å². The summed E-state index contributed by atoms with van der Waals surface area (Å²) in [7, 11) is 0. The highest BCUT2D eigenvalue weighted by Crippen LogP contribution is 2.13. The minimum Gasteiger partial charge on any atom is -0.318 e. The molecule has 0 aliphatic carbocycles. The predicted octanol–water partition coefficient (Wildman–Crippen LogP) is 0.248. The Bertz CT molecular complexity index is 355. The first kappa shape index (κ1) is 7.88. The summed E-state index contributed by atoms with van der Waals surface area (Å²) in [4.78, 5) is 7.89. The number of nitrogens with zero attached hydrogens (tertiary/aromatic N) is 3. The second kappa shape index (κ2) is 3.32. The summed E-state index contributed by atoms with van der Waals surface area (Å²) in [5.74, 6) is 0.659. The van der Waals surface area contributed by atoms with Crippen molar-refractivity contribution in [1.82, 2.24) is 20.2 Å². The normalized spacial score (nSPS) is 12.7. The van der Waals surface area contributed by atoms with E-state index in [9.17, 15) is 0 Å². The number of nitrogens with one attached hydrogen (secondary N) is 1. The molecule has 1 atom stereocenters. The fourth-order valence-electron chi connectivity index (χ4n) is 1.09. The molecule has 5 nitrogen and oxygen atoms in total. The molecule has 0 aliphatic rings. The van der Waals surface area contributed by atoms with E-state index in [0.717, 1.165) is 5.56 Å². The van der Waals surface area contributed by atoms with Crippen molar-refractivity contribution >= 4 is 0 Å². The van der Waals surface area contributed by atoms with Crippen molar-refractivity contribution in [2.75, 3.05) is 0 Å². The van der Waals surface area contributed by atoms with Gasteiger partial charge in [0.15, 0.2) is 0 Å². The number of H-pyrrole nitrogens is 1. The van der Waals surface area contributed by atoms with Gasteiger partial charge in [0, 0.05) is 12.4 Å². The van der Waals surface area contributed by atoms with Crippen LogP contribution in [0.2, 0.25) is 0 Å². The Kier molecular flexibility index (Phi) is 2.01. The van der Waals surface area contributed by atoms with Crippen molar-refractivity contribution in [3.63, 3.8) is 0 Å². The second-order valence-corrected chi connectivity index (χ2v) is 2.63. The van der Waals surface area contributed by atoms with Crippen LogP contribution in [-0.4, -0.2) is 20.2 Å². The smallest absolute Gasteiger partial charge is 0.145 e. The van der Waals surface area contributed by atoms with E-state index >= 15 is 0 Å². The lowest BCUT2D eigenvalue weighted by Gasteiger charge is -2.06. The van der Waals surface area contributed by atoms with Crippen molar-refractivity contribution in [3.05, 3.63) is 42.2 Å². The fourth-order valence-corrected chi connectivity index (χ4v) is 1.09. The molecule has 2 aromatic rings. The van der Waals surface area contributed by atoms with Crippen molar-refractivity contribution in [1.29, 1.82) is 0 Å². The molecule has 66 valence electrons. The summed E-state index contributed by atoms with van der Waals surface area (Å²) in [6.07, 6.45) is 4.84. The lowest BCUT2D eigenvalue weighted by molar-refractivity contribution is 0.785. The van der Waals surface area contributed by atoms with Gasteiger partial charge in [-0.05, 0) is 17.7 Å². The van der Waals surface area contributed by atoms with Crippen LogP contribution in [0.15, 0.2) is 30.9 Å². The maximum atomic E-state index is 5.90. The van der Waals surface area contributed by atoms with E-state index in [1.54, 1.807) is 12.4 Å². The molecule has 0 radical (unpaired) electrons. The van der Waals surface area contributed by atoms with E-state index < -0.39 is 0 Å². The summed E-state index contributed by atoms with van der Waals surface area (Å²) in [5.41, 5.74) is 6.86. The summed E-state index contributed by atoms with van der Waals surface area (Å²) >= 11 is 0. The van der Waals surface area contributed by atoms with Crippen LogP contribution in [-0.2, 0) is 0 Å². The first-order valence-corrected chi connectivity index (χ1v) is 3.88. The Morgan fingerprint density at radius 3 is 2.69 bits per heavy atom. The van der Waals surface area contributed by atoms with Crippen LogP contribution in [0, 0.1) is 0 Å². The molecule has 2 heterocycles. The Morgan fingerprint density at radius 1 is 1.31 bits per heavy atom. The molecular formula is C8H9N5. The Hall–Kier alpha value is -1.75. The van der Waals surface area contributed by atoms with E-state index in [0.29, 0.717) is 5.82 Å². The highest BCUT2D eigenvalue weighted by molar-refractivity contribution is 5.20. The zero-order valence-corrected chi connectivity index (χ0v) is 6.88. The van der Waals surface area contributed by atoms with Gasteiger partial charge in [0.25, 0.3) is 0 Å². The van der Waals surface area contributed by atoms with Crippen LogP contribution in [0.4, 0.5) is 0 Å². The maximum absolute atomic E-state index is 5.90. The van der Waals surface area contributed by atoms with Crippen molar-refractivity contribution in [2.45, 2.75) is 6.04 Å². The third kappa shape index (κ3) is 1.54. The molecule has 0 aromatic carbocycles. The van der Waals surface area contributed by atoms with Crippen molar-refractivity contribution < 1.29 is 0 Å². The molecular weight excluding hydrogens is 166 g/mol. The first-order chi connectivity index (χ1) is 6.38. The van der Waals surface area contributed by atoms with Crippen molar-refractivity contribution in [3.8, 4) is 0 Å². The number of hydrogen-bond donors (Lipinski definition) is 2. The van der Waals surface area contributed by atoms with Gasteiger partial charge >= 0.3 is 0 Å². The minimum absolute atomic E-state index is 0.259. The molecule has 13 heavy (non-hydrogen) atoms. The van der Waals surface area contributed by atoms with Crippen LogP contribution in [0.25, 0.3) is 0 Å². The van der Waals surface area contributed by atoms with Crippen LogP contribution < -0.4 is 5.73 Å². The van der Waals surface area contributed by atoms with E-state index in [4.69, 9.17) is 5.73 Å². The first-order valence-electron chi connectivity index (χ1n) is 3.88. The van der Waals surface area contributed by atoms with Gasteiger partial charge in [0.05, 0.1) is 6.04 Å². The monoisotopic (exact) mass is 175 g/mol. The third-order valence-corrected chi connectivity index (χ3v) is 1.79. The zero-order valence-electron chi connectivity index (χ0n) is 6.88. The third-order valence-electron chi connectivity index (χ3n) is 1.79. The molecule has 0 saturated carbocycles. The van der Waals surface area contributed by atoms with Crippen LogP contribution in [0.3, 0.4) is 0 Å². The number of nitrogens with two attached hydrogens (primary N) is 1. The average Bonchev–Trinajstić information content (AvgIpc) is 2.71. The molecule has 0 saturated heterocycles. The molecule has 5 heteroatoms. The number of aromatic nitrogens is 4. The van der Waals surface area contributed by atoms with Gasteiger partial charge in [-0.1, -0.05) is 0 Å². The Labute approximate surface area is 75.0 Å². The molecule has 0 fully saturated rings. The van der Waals surface area contributed by atoms with Crippen LogP contribution >= 0.6 is 0 Å². The summed E-state index contributed by atoms with van der Waals surface area (Å²) < 4.78 is 0. The van der Waals surface area contributed by atoms with Crippen LogP contribution in [0.1, 0.15) is 17.4 Å². The molecule has 2 aromatic heterocycles. The highest BCUT2D eigenvalue weighted by Gasteiger charge is 2.10. The SMILES string of the molecule is NC(c1ccncc1)c1ncn[nH]1. The van der Waals surface area contributed by atoms with Gasteiger partial charge in [0.1, 0.15) is 12.2 Å². The van der Waals surface area contributed by atoms with E-state index in [1.807, 2.05) is 12.1 Å². The standard InChI is InChI=1S/C8H9N5/c9-7(8-11-5-12-13-8)6-1-3-10-4-2-6/h1-5,7H,9H2,(H,11,12,13). The number of hydrogen-bond acceptors (Lipinski definition) is 4. The largest absolute Gasteiger partial charge is 0.318 e. The van der Waals surface area contributed by atoms with Gasteiger partial charge < -0.3 is 5.73 Å². The Morgan fingerprint density at radius 2 is 2.08 bits per heavy atom. The minimum atomic E-state index is -0.259. The highest BCUT2D eigenvalue weighted by atomic mass is 15.2. The van der Waals surface area contributed by atoms with Gasteiger partial charge in [-0.3, -0.25) is 10.1 Å². The molecule has 3 N–H and O–H groups in total. The van der Waals surface area contributed by atoms with Crippen LogP contribution in [0.5, 0.6) is 0 Å². The zero-order chi connectivity index (χ0) is 9.10. The molecule has 1 unspecified atom stereocenters. The molecule has 0 bridgehead atoms. The number of rotatable bonds is 2. The quantitative estimate of drug-likeness (QED) is 0.685. The number of aromatic amines is 1. The fraction of sp³-hybridized carbons (Fsp3) is 0.125. The van der Waals surface area contributed by atoms with Gasteiger partial charge in [-0.2, -0.15) is 5.10 Å². The van der Waals surface area contributed by atoms with Crippen molar-refractivity contribution in [2.24, 2.45) is 5.73 Å². The summed E-state index contributed by atoms with van der Waals surface area (Å²) in [6, 6.07) is 3.45. The van der Waals surface area contributed by atoms with Gasteiger partial charge in [0.2, 0.25) is 0 Å². The summed E-state index contributed by atoms with van der Waals surface area (Å²) in [6.45, 7) is 0. The Balaban J connectivity index is 2.29. The molecule has 0 spiro atoms. The second-order valence-electron chi connectivity index (χ2n) is 2.63. The lowest BCUT2D eigenvalue weighted by Crippen LogP contribution is -2.13. The van der Waals surface area contributed by atoms with Gasteiger partial charge in [-0.15, -0.1) is 0 Å². The predicted molar refractivity (Wildman–Crippen MR) is 46.7 cm³/mol. The van der Waals surface area contributed by atoms with E-state index in [1.165, 1.54) is 6.33 Å². The topological polar surface area (TPSA) is 80.5 Å². The molecule has 0 amide bonds. The lowest BCUT2D eigenvalue weighted by atomic mass is 10.1. The number of pyridine rings is 1. The average molecular weight is 175 g/mol. The van der Waals surface area contributed by atoms with Gasteiger partial charge in [-0.25, -0.2) is 4.98 Å².